The SMILES string of the molecule is CCOP(=O)(OCC)C(F)C[C@H](O)CO. The van der Waals surface area contributed by atoms with Crippen molar-refractivity contribution in [1.29, 1.82) is 0 Å². The summed E-state index contributed by atoms with van der Waals surface area (Å²) in [4.78, 5) is 0. The van der Waals surface area contributed by atoms with E-state index in [-0.39, 0.29) is 13.2 Å². The van der Waals surface area contributed by atoms with E-state index in [0.717, 1.165) is 0 Å². The van der Waals surface area contributed by atoms with Gasteiger partial charge in [0.15, 0.2) is 0 Å². The third-order valence-corrected chi connectivity index (χ3v) is 3.77. The fraction of sp³-hybridized carbons (Fsp3) is 1.00. The Morgan fingerprint density at radius 2 is 1.80 bits per heavy atom. The van der Waals surface area contributed by atoms with Crippen LogP contribution in [0.15, 0.2) is 0 Å². The van der Waals surface area contributed by atoms with Crippen molar-refractivity contribution < 1.29 is 28.2 Å². The van der Waals surface area contributed by atoms with E-state index in [4.69, 9.17) is 19.3 Å². The first kappa shape index (κ1) is 15.0. The smallest absolute Gasteiger partial charge is 0.364 e. The van der Waals surface area contributed by atoms with Crippen LogP contribution in [0, 0.1) is 0 Å². The Hall–Kier alpha value is -0.0000000000000000139. The molecule has 15 heavy (non-hydrogen) atoms. The van der Waals surface area contributed by atoms with Gasteiger partial charge in [-0.1, -0.05) is 0 Å². The molecule has 0 heterocycles. The maximum Gasteiger partial charge on any atom is 0.364 e. The Labute approximate surface area is 88.7 Å². The van der Waals surface area contributed by atoms with Gasteiger partial charge in [0, 0.05) is 6.42 Å². The van der Waals surface area contributed by atoms with Gasteiger partial charge in [0.25, 0.3) is 0 Å². The van der Waals surface area contributed by atoms with Gasteiger partial charge in [-0.2, -0.15) is 0 Å². The summed E-state index contributed by atoms with van der Waals surface area (Å²) in [6.07, 6.45) is -1.72. The summed E-state index contributed by atoms with van der Waals surface area (Å²) in [5.74, 6) is -1.92. The van der Waals surface area contributed by atoms with Crippen molar-refractivity contribution in [3.05, 3.63) is 0 Å². The van der Waals surface area contributed by atoms with Crippen LogP contribution in [0.5, 0.6) is 0 Å². The molecular weight excluding hydrogens is 226 g/mol. The van der Waals surface area contributed by atoms with Crippen molar-refractivity contribution in [3.63, 3.8) is 0 Å². The number of rotatable bonds is 8. The number of hydrogen-bond acceptors (Lipinski definition) is 5. The van der Waals surface area contributed by atoms with Crippen LogP contribution in [0.3, 0.4) is 0 Å². The van der Waals surface area contributed by atoms with E-state index >= 15 is 0 Å². The van der Waals surface area contributed by atoms with Crippen molar-refractivity contribution in [1.82, 2.24) is 0 Å². The molecule has 0 aliphatic carbocycles. The van der Waals surface area contributed by atoms with Crippen molar-refractivity contribution in [2.24, 2.45) is 0 Å². The predicted molar refractivity (Wildman–Crippen MR) is 53.5 cm³/mol. The molecule has 7 heteroatoms. The Morgan fingerprint density at radius 1 is 1.33 bits per heavy atom. The predicted octanol–water partition coefficient (Wildman–Crippen LogP) is 1.29. The Kier molecular flexibility index (Phi) is 7.30. The van der Waals surface area contributed by atoms with Gasteiger partial charge < -0.3 is 19.3 Å². The molecule has 0 aromatic rings. The van der Waals surface area contributed by atoms with Crippen molar-refractivity contribution in [3.8, 4) is 0 Å². The minimum Gasteiger partial charge on any atom is -0.394 e. The Morgan fingerprint density at radius 3 is 2.13 bits per heavy atom. The molecule has 2 N–H and O–H groups in total. The molecule has 0 fully saturated rings. The lowest BCUT2D eigenvalue weighted by atomic mass is 10.3. The fourth-order valence-corrected chi connectivity index (χ4v) is 2.61. The van der Waals surface area contributed by atoms with Crippen LogP contribution >= 0.6 is 7.60 Å². The molecule has 0 aliphatic rings. The number of hydrogen-bond donors (Lipinski definition) is 2. The summed E-state index contributed by atoms with van der Waals surface area (Å²) in [7, 11) is -3.82. The first-order valence-corrected chi connectivity index (χ1v) is 6.43. The van der Waals surface area contributed by atoms with Gasteiger partial charge in [0.2, 0.25) is 5.91 Å². The first-order valence-electron chi connectivity index (χ1n) is 4.81. The zero-order valence-corrected chi connectivity index (χ0v) is 9.82. The quantitative estimate of drug-likeness (QED) is 0.629. The minimum atomic E-state index is -3.82. The summed E-state index contributed by atoms with van der Waals surface area (Å²) in [5, 5.41) is 17.5. The number of alkyl halides is 1. The molecule has 0 radical (unpaired) electrons. The molecule has 0 saturated heterocycles. The molecule has 0 aromatic carbocycles. The Bertz CT molecular complexity index is 203. The van der Waals surface area contributed by atoms with E-state index < -0.39 is 32.6 Å². The lowest BCUT2D eigenvalue weighted by Crippen LogP contribution is -2.20. The number of halogens is 1. The van der Waals surface area contributed by atoms with Crippen LogP contribution in [0.25, 0.3) is 0 Å². The molecule has 0 rings (SSSR count). The van der Waals surface area contributed by atoms with Crippen LogP contribution in [-0.2, 0) is 13.6 Å². The molecule has 0 spiro atoms. The van der Waals surface area contributed by atoms with Crippen LogP contribution in [0.2, 0.25) is 0 Å². The normalized spacial score (nSPS) is 16.3. The maximum absolute atomic E-state index is 13.5. The van der Waals surface area contributed by atoms with E-state index in [1.807, 2.05) is 0 Å². The van der Waals surface area contributed by atoms with Crippen molar-refractivity contribution >= 4 is 7.60 Å². The lowest BCUT2D eigenvalue weighted by Gasteiger charge is -2.21. The van der Waals surface area contributed by atoms with Crippen molar-refractivity contribution in [2.45, 2.75) is 32.3 Å². The second-order valence-electron chi connectivity index (χ2n) is 2.88. The van der Waals surface area contributed by atoms with Crippen LogP contribution in [-0.4, -0.2) is 42.1 Å². The molecule has 0 aliphatic heterocycles. The first-order chi connectivity index (χ1) is 7.00. The fourth-order valence-electron chi connectivity index (χ4n) is 0.987. The second kappa shape index (κ2) is 7.30. The zero-order chi connectivity index (χ0) is 11.9. The van der Waals surface area contributed by atoms with Gasteiger partial charge in [-0.05, 0) is 13.8 Å². The second-order valence-corrected chi connectivity index (χ2v) is 5.04. The lowest BCUT2D eigenvalue weighted by molar-refractivity contribution is 0.0701. The molecule has 0 bridgehead atoms. The summed E-state index contributed by atoms with van der Waals surface area (Å²) in [6.45, 7) is 2.68. The molecule has 1 unspecified atom stereocenters. The van der Waals surface area contributed by atoms with E-state index in [1.54, 1.807) is 13.8 Å². The average Bonchev–Trinajstić information content (AvgIpc) is 2.18. The van der Waals surface area contributed by atoms with Crippen LogP contribution < -0.4 is 0 Å². The number of aliphatic hydroxyl groups is 2. The minimum absolute atomic E-state index is 0.0624. The highest BCUT2D eigenvalue weighted by Crippen LogP contribution is 2.55. The summed E-state index contributed by atoms with van der Waals surface area (Å²) in [6, 6.07) is 0. The van der Waals surface area contributed by atoms with E-state index in [9.17, 15) is 8.96 Å². The van der Waals surface area contributed by atoms with E-state index in [2.05, 4.69) is 0 Å². The van der Waals surface area contributed by atoms with Gasteiger partial charge in [-0.15, -0.1) is 0 Å². The highest BCUT2D eigenvalue weighted by Gasteiger charge is 2.37. The van der Waals surface area contributed by atoms with Gasteiger partial charge in [0.05, 0.1) is 25.9 Å². The van der Waals surface area contributed by atoms with Gasteiger partial charge in [-0.25, -0.2) is 4.39 Å². The van der Waals surface area contributed by atoms with E-state index in [1.165, 1.54) is 0 Å². The molecule has 2 atom stereocenters. The van der Waals surface area contributed by atoms with Gasteiger partial charge >= 0.3 is 7.60 Å². The monoisotopic (exact) mass is 244 g/mol. The zero-order valence-electron chi connectivity index (χ0n) is 8.93. The van der Waals surface area contributed by atoms with Crippen LogP contribution in [0.1, 0.15) is 20.3 Å². The van der Waals surface area contributed by atoms with Crippen molar-refractivity contribution in [2.75, 3.05) is 19.8 Å². The summed E-state index contributed by atoms with van der Waals surface area (Å²) < 4.78 is 34.7. The third kappa shape index (κ3) is 5.04. The summed E-state index contributed by atoms with van der Waals surface area (Å²) in [5.41, 5.74) is 0. The largest absolute Gasteiger partial charge is 0.394 e. The molecule has 5 nitrogen and oxygen atoms in total. The molecule has 0 saturated carbocycles. The van der Waals surface area contributed by atoms with E-state index in [0.29, 0.717) is 0 Å². The molecular formula is C8H18FO5P. The molecule has 0 aromatic heterocycles. The molecule has 92 valence electrons. The third-order valence-electron chi connectivity index (χ3n) is 1.64. The van der Waals surface area contributed by atoms with Crippen LogP contribution in [0.4, 0.5) is 4.39 Å². The molecule has 0 amide bonds. The topological polar surface area (TPSA) is 76.0 Å². The van der Waals surface area contributed by atoms with Gasteiger partial charge in [-0.3, -0.25) is 4.57 Å². The maximum atomic E-state index is 13.5. The van der Waals surface area contributed by atoms with Gasteiger partial charge in [0.1, 0.15) is 0 Å². The highest BCUT2D eigenvalue weighted by molar-refractivity contribution is 7.54. The average molecular weight is 244 g/mol. The highest BCUT2D eigenvalue weighted by atomic mass is 31.2. The Balaban J connectivity index is 4.40. The standard InChI is InChI=1S/C8H18FO5P/c1-3-13-15(12,14-4-2)8(9)5-7(11)6-10/h7-8,10-11H,3-6H2,1-2H3/t7-,8?/m0/s1. The summed E-state index contributed by atoms with van der Waals surface area (Å²) >= 11 is 0. The number of aliphatic hydroxyl groups excluding tert-OH is 2.